The maximum atomic E-state index is 14.3. The zero-order valence-corrected chi connectivity index (χ0v) is 16.1. The predicted octanol–water partition coefficient (Wildman–Crippen LogP) is 3.05. The molecule has 2 aliphatic heterocycles. The number of hydrogen-bond donors (Lipinski definition) is 0. The third-order valence-corrected chi connectivity index (χ3v) is 6.58. The van der Waals surface area contributed by atoms with Crippen LogP contribution in [0.2, 0.25) is 0 Å². The lowest BCUT2D eigenvalue weighted by atomic mass is 10.2. The first-order valence-electron chi connectivity index (χ1n) is 8.31. The van der Waals surface area contributed by atoms with Crippen molar-refractivity contribution in [3.8, 4) is 0 Å². The maximum Gasteiger partial charge on any atom is 0.404 e. The number of nitrogens with zero attached hydrogens (tertiary/aromatic N) is 4. The molecule has 6 nitrogen and oxygen atoms in total. The second kappa shape index (κ2) is 6.33. The molecule has 0 amide bonds. The highest BCUT2D eigenvalue weighted by Gasteiger charge is 2.35. The Morgan fingerprint density at radius 3 is 2.54 bits per heavy atom. The van der Waals surface area contributed by atoms with Crippen molar-refractivity contribution in [2.75, 3.05) is 37.5 Å². The van der Waals surface area contributed by atoms with Gasteiger partial charge in [-0.25, -0.2) is 4.99 Å². The Morgan fingerprint density at radius 1 is 1.15 bits per heavy atom. The molecule has 0 spiro atoms. The van der Waals surface area contributed by atoms with Crippen molar-refractivity contribution in [3.05, 3.63) is 40.8 Å². The van der Waals surface area contributed by atoms with E-state index in [9.17, 15) is 12.3 Å². The Labute approximate surface area is 156 Å². The van der Waals surface area contributed by atoms with E-state index in [-0.39, 0.29) is 5.69 Å². The number of para-hydroxylation sites is 2. The molecule has 0 bridgehead atoms. The molecule has 0 aliphatic carbocycles. The summed E-state index contributed by atoms with van der Waals surface area (Å²) < 4.78 is 39.0. The van der Waals surface area contributed by atoms with Gasteiger partial charge in [-0.2, -0.15) is 12.7 Å². The van der Waals surface area contributed by atoms with E-state index in [1.54, 1.807) is 24.3 Å². The Kier molecular flexibility index (Phi) is 4.25. The zero-order valence-electron chi connectivity index (χ0n) is 14.5. The highest BCUT2D eigenvalue weighted by atomic mass is 32.3. The standard InChI is InChI=1S/C17H19FN4O2S2/c1-12-11-13-16(21-9-7-20(2)8-10-21)19-14-5-3-4-6-15(14)22(17(13)25-12)26(18,23)24/h3-6,11H,7-10H2,1-2H3. The van der Waals surface area contributed by atoms with Crippen LogP contribution >= 0.6 is 11.3 Å². The molecule has 4 rings (SSSR count). The number of thiophene rings is 1. The Morgan fingerprint density at radius 2 is 1.85 bits per heavy atom. The average Bonchev–Trinajstić information content (AvgIpc) is 2.88. The van der Waals surface area contributed by atoms with Crippen molar-refractivity contribution in [1.29, 1.82) is 0 Å². The minimum absolute atomic E-state index is 0.238. The van der Waals surface area contributed by atoms with Gasteiger partial charge in [0.2, 0.25) is 0 Å². The highest BCUT2D eigenvalue weighted by Crippen LogP contribution is 2.45. The van der Waals surface area contributed by atoms with Crippen LogP contribution in [0, 0.1) is 6.92 Å². The molecule has 1 aromatic heterocycles. The lowest BCUT2D eigenvalue weighted by molar-refractivity contribution is 0.216. The molecular weight excluding hydrogens is 375 g/mol. The summed E-state index contributed by atoms with van der Waals surface area (Å²) >= 11 is 1.26. The van der Waals surface area contributed by atoms with E-state index in [0.29, 0.717) is 22.1 Å². The van der Waals surface area contributed by atoms with E-state index >= 15 is 0 Å². The second-order valence-electron chi connectivity index (χ2n) is 6.50. The van der Waals surface area contributed by atoms with Crippen LogP contribution in [0.3, 0.4) is 0 Å². The maximum absolute atomic E-state index is 14.3. The van der Waals surface area contributed by atoms with Gasteiger partial charge in [0.25, 0.3) is 0 Å². The molecule has 0 atom stereocenters. The lowest BCUT2D eigenvalue weighted by Crippen LogP contribution is -2.47. The van der Waals surface area contributed by atoms with Gasteiger partial charge >= 0.3 is 10.4 Å². The van der Waals surface area contributed by atoms with Gasteiger partial charge in [-0.3, -0.25) is 0 Å². The topological polar surface area (TPSA) is 56.2 Å². The first-order chi connectivity index (χ1) is 12.3. The van der Waals surface area contributed by atoms with Crippen LogP contribution in [-0.4, -0.2) is 57.3 Å². The minimum atomic E-state index is -4.98. The fourth-order valence-corrected chi connectivity index (χ4v) is 5.29. The normalized spacial score (nSPS) is 18.2. The van der Waals surface area contributed by atoms with Crippen LogP contribution in [0.1, 0.15) is 10.4 Å². The monoisotopic (exact) mass is 394 g/mol. The molecule has 2 aliphatic rings. The molecule has 9 heteroatoms. The van der Waals surface area contributed by atoms with Gasteiger partial charge in [-0.1, -0.05) is 16.0 Å². The molecule has 138 valence electrons. The molecule has 0 radical (unpaired) electrons. The van der Waals surface area contributed by atoms with Crippen LogP contribution in [0.25, 0.3) is 0 Å². The number of anilines is 2. The first kappa shape index (κ1) is 17.4. The number of fused-ring (bicyclic) bond motifs is 2. The molecule has 3 heterocycles. The fraction of sp³-hybridized carbons (Fsp3) is 0.353. The summed E-state index contributed by atoms with van der Waals surface area (Å²) in [5, 5.41) is 0.354. The quantitative estimate of drug-likeness (QED) is 0.698. The van der Waals surface area contributed by atoms with Gasteiger partial charge in [0.1, 0.15) is 10.8 Å². The number of hydrogen-bond acceptors (Lipinski definition) is 6. The Hall–Kier alpha value is -1.97. The highest BCUT2D eigenvalue weighted by molar-refractivity contribution is 7.88. The van der Waals surface area contributed by atoms with Crippen molar-refractivity contribution in [1.82, 2.24) is 9.80 Å². The number of likely N-dealkylation sites (N-methyl/N-ethyl adjacent to an activating group) is 1. The van der Waals surface area contributed by atoms with Crippen molar-refractivity contribution in [2.45, 2.75) is 6.92 Å². The smallest absolute Gasteiger partial charge is 0.353 e. The summed E-state index contributed by atoms with van der Waals surface area (Å²) in [6, 6.07) is 8.65. The van der Waals surface area contributed by atoms with Crippen molar-refractivity contribution < 1.29 is 12.3 Å². The number of aliphatic imine (C=N–C) groups is 1. The number of halogens is 1. The molecule has 1 saturated heterocycles. The number of benzene rings is 1. The molecule has 1 aromatic carbocycles. The molecule has 0 unspecified atom stereocenters. The molecule has 26 heavy (non-hydrogen) atoms. The van der Waals surface area contributed by atoms with Gasteiger partial charge in [0, 0.05) is 31.1 Å². The molecule has 2 aromatic rings. The Balaban J connectivity index is 1.94. The van der Waals surface area contributed by atoms with E-state index in [1.807, 2.05) is 13.0 Å². The number of piperazine rings is 1. The van der Waals surface area contributed by atoms with Crippen LogP contribution in [0.5, 0.6) is 0 Å². The third kappa shape index (κ3) is 3.00. The van der Waals surface area contributed by atoms with Gasteiger partial charge in [0.15, 0.2) is 0 Å². The van der Waals surface area contributed by atoms with E-state index < -0.39 is 10.4 Å². The molecule has 0 N–H and O–H groups in total. The van der Waals surface area contributed by atoms with Crippen LogP contribution in [0.15, 0.2) is 35.3 Å². The summed E-state index contributed by atoms with van der Waals surface area (Å²) in [5.41, 5.74) is 1.35. The third-order valence-electron chi connectivity index (χ3n) is 4.61. The van der Waals surface area contributed by atoms with Crippen LogP contribution < -0.4 is 4.31 Å². The fourth-order valence-electron chi connectivity index (χ4n) is 3.30. The summed E-state index contributed by atoms with van der Waals surface area (Å²) in [7, 11) is -2.91. The van der Waals surface area contributed by atoms with Gasteiger partial charge in [0.05, 0.1) is 16.9 Å². The number of rotatable bonds is 1. The van der Waals surface area contributed by atoms with Gasteiger partial charge in [-0.05, 0) is 32.2 Å². The summed E-state index contributed by atoms with van der Waals surface area (Å²) in [5.74, 6) is 0.705. The summed E-state index contributed by atoms with van der Waals surface area (Å²) in [6.07, 6.45) is 0. The Bertz CT molecular complexity index is 978. The van der Waals surface area contributed by atoms with Gasteiger partial charge in [-0.15, -0.1) is 11.3 Å². The molecule has 0 saturated carbocycles. The number of aryl methyl sites for hydroxylation is 1. The van der Waals surface area contributed by atoms with Crippen molar-refractivity contribution in [3.63, 3.8) is 0 Å². The van der Waals surface area contributed by atoms with E-state index in [1.165, 1.54) is 11.3 Å². The lowest BCUT2D eigenvalue weighted by Gasteiger charge is -2.34. The van der Waals surface area contributed by atoms with Crippen molar-refractivity contribution >= 4 is 44.0 Å². The average molecular weight is 394 g/mol. The molecular formula is C17H19FN4O2S2. The van der Waals surface area contributed by atoms with Crippen LogP contribution in [0.4, 0.5) is 20.3 Å². The largest absolute Gasteiger partial charge is 0.404 e. The predicted molar refractivity (Wildman–Crippen MR) is 103 cm³/mol. The number of amidine groups is 1. The van der Waals surface area contributed by atoms with Crippen LogP contribution in [-0.2, 0) is 10.4 Å². The van der Waals surface area contributed by atoms with Gasteiger partial charge < -0.3 is 9.80 Å². The zero-order chi connectivity index (χ0) is 18.5. The van der Waals surface area contributed by atoms with E-state index in [2.05, 4.69) is 16.8 Å². The minimum Gasteiger partial charge on any atom is -0.353 e. The van der Waals surface area contributed by atoms with Crippen molar-refractivity contribution in [2.24, 2.45) is 4.99 Å². The van der Waals surface area contributed by atoms with E-state index in [0.717, 1.165) is 35.4 Å². The summed E-state index contributed by atoms with van der Waals surface area (Å²) in [6.45, 7) is 5.24. The summed E-state index contributed by atoms with van der Waals surface area (Å²) in [4.78, 5) is 10.1. The first-order valence-corrected chi connectivity index (χ1v) is 10.5. The second-order valence-corrected chi connectivity index (χ2v) is 8.92. The molecule has 1 fully saturated rings. The van der Waals surface area contributed by atoms with E-state index in [4.69, 9.17) is 4.99 Å². The SMILES string of the molecule is Cc1cc2c(s1)N(S(=O)(=O)F)c1ccccc1N=C2N1CCN(C)CC1.